The van der Waals surface area contributed by atoms with Crippen molar-refractivity contribution < 1.29 is 10.0 Å². The summed E-state index contributed by atoms with van der Waals surface area (Å²) in [6, 6.07) is 6.54. The fourth-order valence-electron chi connectivity index (χ4n) is 2.76. The molecule has 2 N–H and O–H groups in total. The van der Waals surface area contributed by atoms with Crippen molar-refractivity contribution in [2.75, 3.05) is 11.9 Å². The molecule has 6 nitrogen and oxygen atoms in total. The number of nitrogens with one attached hydrogen (secondary N) is 1. The maximum atomic E-state index is 11.2. The van der Waals surface area contributed by atoms with Crippen LogP contribution in [0.25, 0.3) is 0 Å². The van der Waals surface area contributed by atoms with Crippen LogP contribution < -0.4 is 5.32 Å². The van der Waals surface area contributed by atoms with Crippen molar-refractivity contribution in [2.45, 2.75) is 31.7 Å². The van der Waals surface area contributed by atoms with Crippen LogP contribution in [0, 0.1) is 27.4 Å². The van der Waals surface area contributed by atoms with Gasteiger partial charge in [0, 0.05) is 18.6 Å². The van der Waals surface area contributed by atoms with E-state index in [1.54, 1.807) is 12.1 Å². The topological polar surface area (TPSA) is 99.2 Å². The van der Waals surface area contributed by atoms with Gasteiger partial charge in [-0.25, -0.2) is 0 Å². The van der Waals surface area contributed by atoms with E-state index >= 15 is 0 Å². The molecule has 0 bridgehead atoms. The molecule has 1 aliphatic rings. The first-order chi connectivity index (χ1) is 9.67. The van der Waals surface area contributed by atoms with Gasteiger partial charge in [0.1, 0.15) is 17.3 Å². The average Bonchev–Trinajstić information content (AvgIpc) is 2.47. The van der Waals surface area contributed by atoms with Crippen LogP contribution >= 0.6 is 0 Å². The molecule has 2 atom stereocenters. The third kappa shape index (κ3) is 2.89. The summed E-state index contributed by atoms with van der Waals surface area (Å²) in [5.41, 5.74) is 0.230. The molecule has 0 saturated heterocycles. The molecule has 1 aromatic carbocycles. The molecule has 0 spiro atoms. The summed E-state index contributed by atoms with van der Waals surface area (Å²) >= 11 is 0. The molecule has 6 heteroatoms. The number of anilines is 1. The van der Waals surface area contributed by atoms with E-state index in [1.807, 2.05) is 6.07 Å². The van der Waals surface area contributed by atoms with Crippen LogP contribution in [0.3, 0.4) is 0 Å². The smallest absolute Gasteiger partial charge is 0.309 e. The number of aliphatic hydroxyl groups is 1. The van der Waals surface area contributed by atoms with Crippen molar-refractivity contribution >= 4 is 11.4 Å². The summed E-state index contributed by atoms with van der Waals surface area (Å²) in [5, 5.41) is 32.7. The highest BCUT2D eigenvalue weighted by Gasteiger charge is 2.27. The first kappa shape index (κ1) is 14.3. The molecule has 20 heavy (non-hydrogen) atoms. The first-order valence-corrected chi connectivity index (χ1v) is 6.72. The number of nitro groups is 1. The number of nitriles is 1. The predicted octanol–water partition coefficient (Wildman–Crippen LogP) is 2.43. The van der Waals surface area contributed by atoms with Crippen molar-refractivity contribution in [3.8, 4) is 6.07 Å². The SMILES string of the molecule is N#Cc1cccc(NC2CCCCC2CO)c1[N+](=O)[O-]. The van der Waals surface area contributed by atoms with E-state index in [-0.39, 0.29) is 29.8 Å². The van der Waals surface area contributed by atoms with Crippen molar-refractivity contribution in [1.29, 1.82) is 5.26 Å². The van der Waals surface area contributed by atoms with Crippen LogP contribution in [0.2, 0.25) is 0 Å². The van der Waals surface area contributed by atoms with Crippen LogP contribution in [0.5, 0.6) is 0 Å². The molecular formula is C14H17N3O3. The number of rotatable bonds is 4. The van der Waals surface area contributed by atoms with Gasteiger partial charge < -0.3 is 10.4 Å². The highest BCUT2D eigenvalue weighted by molar-refractivity contribution is 5.68. The zero-order valence-electron chi connectivity index (χ0n) is 11.1. The van der Waals surface area contributed by atoms with Crippen LogP contribution in [0.4, 0.5) is 11.4 Å². The molecule has 2 rings (SSSR count). The van der Waals surface area contributed by atoms with Crippen molar-refractivity contribution in [3.63, 3.8) is 0 Å². The fourth-order valence-corrected chi connectivity index (χ4v) is 2.76. The van der Waals surface area contributed by atoms with Gasteiger partial charge in [-0.05, 0) is 25.0 Å². The third-order valence-electron chi connectivity index (χ3n) is 3.82. The Kier molecular flexibility index (Phi) is 4.53. The summed E-state index contributed by atoms with van der Waals surface area (Å²) in [7, 11) is 0. The molecule has 1 saturated carbocycles. The van der Waals surface area contributed by atoms with Crippen molar-refractivity contribution in [3.05, 3.63) is 33.9 Å². The lowest BCUT2D eigenvalue weighted by molar-refractivity contribution is -0.384. The minimum atomic E-state index is -0.530. The summed E-state index contributed by atoms with van der Waals surface area (Å²) in [4.78, 5) is 10.6. The van der Waals surface area contributed by atoms with Crippen LogP contribution in [0.15, 0.2) is 18.2 Å². The van der Waals surface area contributed by atoms with E-state index in [1.165, 1.54) is 6.07 Å². The van der Waals surface area contributed by atoms with E-state index in [4.69, 9.17) is 5.26 Å². The lowest BCUT2D eigenvalue weighted by atomic mass is 9.85. The number of benzene rings is 1. The van der Waals surface area contributed by atoms with Crippen molar-refractivity contribution in [1.82, 2.24) is 0 Å². The molecule has 0 heterocycles. The number of hydrogen-bond acceptors (Lipinski definition) is 5. The summed E-state index contributed by atoms with van der Waals surface area (Å²) in [6.45, 7) is 0.0728. The second-order valence-corrected chi connectivity index (χ2v) is 5.05. The minimum absolute atomic E-state index is 0.0152. The third-order valence-corrected chi connectivity index (χ3v) is 3.82. The van der Waals surface area contributed by atoms with Gasteiger partial charge in [0.05, 0.1) is 4.92 Å². The fraction of sp³-hybridized carbons (Fsp3) is 0.500. The second kappa shape index (κ2) is 6.35. The van der Waals surface area contributed by atoms with Crippen LogP contribution in [-0.2, 0) is 0 Å². The Bertz CT molecular complexity index is 539. The minimum Gasteiger partial charge on any atom is -0.396 e. The molecule has 0 amide bonds. The predicted molar refractivity (Wildman–Crippen MR) is 74.3 cm³/mol. The zero-order valence-corrected chi connectivity index (χ0v) is 11.1. The summed E-state index contributed by atoms with van der Waals surface area (Å²) in [5.74, 6) is 0.106. The normalized spacial score (nSPS) is 22.0. The Morgan fingerprint density at radius 3 is 2.85 bits per heavy atom. The largest absolute Gasteiger partial charge is 0.396 e. The number of nitro benzene ring substituents is 1. The Hall–Kier alpha value is -2.13. The molecule has 0 aliphatic heterocycles. The number of hydrogen-bond donors (Lipinski definition) is 2. The van der Waals surface area contributed by atoms with Gasteiger partial charge in [-0.3, -0.25) is 10.1 Å². The van der Waals surface area contributed by atoms with Gasteiger partial charge in [-0.15, -0.1) is 0 Å². The average molecular weight is 275 g/mol. The number of para-hydroxylation sites is 1. The quantitative estimate of drug-likeness (QED) is 0.649. The molecule has 2 unspecified atom stereocenters. The lowest BCUT2D eigenvalue weighted by Gasteiger charge is -2.31. The second-order valence-electron chi connectivity index (χ2n) is 5.05. The van der Waals surface area contributed by atoms with Gasteiger partial charge in [0.2, 0.25) is 0 Å². The molecule has 106 valence electrons. The van der Waals surface area contributed by atoms with Crippen molar-refractivity contribution in [2.24, 2.45) is 5.92 Å². The Labute approximate surface area is 117 Å². The Balaban J connectivity index is 2.29. The van der Waals surface area contributed by atoms with E-state index < -0.39 is 4.92 Å². The first-order valence-electron chi connectivity index (χ1n) is 6.72. The van der Waals surface area contributed by atoms with Gasteiger partial charge in [-0.2, -0.15) is 5.26 Å². The number of aliphatic hydroxyl groups excluding tert-OH is 1. The molecule has 1 aromatic rings. The molecule has 1 fully saturated rings. The van der Waals surface area contributed by atoms with E-state index in [0.717, 1.165) is 25.7 Å². The van der Waals surface area contributed by atoms with Crippen LogP contribution in [0.1, 0.15) is 31.2 Å². The Morgan fingerprint density at radius 2 is 2.20 bits per heavy atom. The van der Waals surface area contributed by atoms with Gasteiger partial charge >= 0.3 is 5.69 Å². The summed E-state index contributed by atoms with van der Waals surface area (Å²) < 4.78 is 0. The summed E-state index contributed by atoms with van der Waals surface area (Å²) in [6.07, 6.45) is 3.91. The van der Waals surface area contributed by atoms with Gasteiger partial charge in [0.25, 0.3) is 0 Å². The van der Waals surface area contributed by atoms with E-state index in [2.05, 4.69) is 5.32 Å². The lowest BCUT2D eigenvalue weighted by Crippen LogP contribution is -2.34. The zero-order chi connectivity index (χ0) is 14.5. The van der Waals surface area contributed by atoms with E-state index in [9.17, 15) is 15.2 Å². The molecule has 0 aromatic heterocycles. The maximum Gasteiger partial charge on any atom is 0.309 e. The maximum absolute atomic E-state index is 11.2. The standard InChI is InChI=1S/C14H17N3O3/c15-8-10-5-3-7-13(14(10)17(19)20)16-12-6-2-1-4-11(12)9-18/h3,5,7,11-12,16,18H,1-2,4,6,9H2. The van der Waals surface area contributed by atoms with Gasteiger partial charge in [-0.1, -0.05) is 18.9 Å². The highest BCUT2D eigenvalue weighted by Crippen LogP contribution is 2.32. The monoisotopic (exact) mass is 275 g/mol. The van der Waals surface area contributed by atoms with Crippen LogP contribution in [-0.4, -0.2) is 22.7 Å². The highest BCUT2D eigenvalue weighted by atomic mass is 16.6. The molecular weight excluding hydrogens is 258 g/mol. The number of nitrogens with zero attached hydrogens (tertiary/aromatic N) is 2. The van der Waals surface area contributed by atoms with Gasteiger partial charge in [0.15, 0.2) is 0 Å². The Morgan fingerprint density at radius 1 is 1.45 bits per heavy atom. The van der Waals surface area contributed by atoms with E-state index in [0.29, 0.717) is 5.69 Å². The molecule has 1 aliphatic carbocycles. The molecule has 0 radical (unpaired) electrons.